The van der Waals surface area contributed by atoms with Crippen molar-refractivity contribution in [1.82, 2.24) is 0 Å². The number of thioether (sulfide) groups is 1. The first kappa shape index (κ1) is 12.2. The average molecular weight is 244 g/mol. The number of hydrogen-bond donors (Lipinski definition) is 0. The molecular weight excluding hydrogens is 228 g/mol. The fourth-order valence-electron chi connectivity index (χ4n) is 1.69. The van der Waals surface area contributed by atoms with Crippen LogP contribution >= 0.6 is 11.8 Å². The van der Waals surface area contributed by atoms with Gasteiger partial charge in [-0.05, 0) is 22.1 Å². The molecule has 0 saturated heterocycles. The highest BCUT2D eigenvalue weighted by atomic mass is 32.2. The fourth-order valence-corrected chi connectivity index (χ4v) is 2.34. The summed E-state index contributed by atoms with van der Waals surface area (Å²) in [4.78, 5) is 12.0. The van der Waals surface area contributed by atoms with Crippen molar-refractivity contribution in [1.29, 1.82) is 0 Å². The molecule has 0 aliphatic heterocycles. The number of fused-ring (bicyclic) bond motifs is 1. The van der Waals surface area contributed by atoms with Gasteiger partial charge in [-0.1, -0.05) is 50.2 Å². The molecule has 0 spiro atoms. The molecule has 0 saturated carbocycles. The van der Waals surface area contributed by atoms with Crippen molar-refractivity contribution < 1.29 is 4.79 Å². The Morgan fingerprint density at radius 2 is 1.82 bits per heavy atom. The minimum atomic E-state index is 0.217. The lowest BCUT2D eigenvalue weighted by Crippen LogP contribution is -2.04. The van der Waals surface area contributed by atoms with E-state index < -0.39 is 0 Å². The summed E-state index contributed by atoms with van der Waals surface area (Å²) < 4.78 is 0. The van der Waals surface area contributed by atoms with E-state index in [4.69, 9.17) is 0 Å². The molecule has 2 aromatic rings. The van der Waals surface area contributed by atoms with Crippen molar-refractivity contribution in [3.05, 3.63) is 48.0 Å². The summed E-state index contributed by atoms with van der Waals surface area (Å²) in [5, 5.41) is 2.81. The van der Waals surface area contributed by atoms with Crippen molar-refractivity contribution in [2.24, 2.45) is 0 Å². The highest BCUT2D eigenvalue weighted by molar-refractivity contribution is 8.00. The molecule has 0 atom stereocenters. The van der Waals surface area contributed by atoms with E-state index in [1.807, 2.05) is 36.4 Å². The maximum atomic E-state index is 12.0. The largest absolute Gasteiger partial charge is 0.293 e. The van der Waals surface area contributed by atoms with Gasteiger partial charge in [0.1, 0.15) is 0 Å². The van der Waals surface area contributed by atoms with E-state index in [0.29, 0.717) is 11.0 Å². The first-order valence-corrected chi connectivity index (χ1v) is 6.85. The third-order valence-electron chi connectivity index (χ3n) is 2.62. The summed E-state index contributed by atoms with van der Waals surface area (Å²) in [6.07, 6.45) is 0. The molecule has 0 amide bonds. The quantitative estimate of drug-likeness (QED) is 0.751. The van der Waals surface area contributed by atoms with E-state index in [1.54, 1.807) is 11.8 Å². The number of rotatable bonds is 4. The van der Waals surface area contributed by atoms with Gasteiger partial charge in [0.25, 0.3) is 0 Å². The molecule has 0 unspecified atom stereocenters. The van der Waals surface area contributed by atoms with Gasteiger partial charge in [-0.2, -0.15) is 11.8 Å². The lowest BCUT2D eigenvalue weighted by atomic mass is 10.1. The van der Waals surface area contributed by atoms with Crippen molar-refractivity contribution in [3.63, 3.8) is 0 Å². The highest BCUT2D eigenvalue weighted by Crippen LogP contribution is 2.18. The summed E-state index contributed by atoms with van der Waals surface area (Å²) in [7, 11) is 0. The fraction of sp³-hybridized carbons (Fsp3) is 0.267. The van der Waals surface area contributed by atoms with Gasteiger partial charge in [-0.25, -0.2) is 0 Å². The van der Waals surface area contributed by atoms with Crippen LogP contribution in [0, 0.1) is 0 Å². The second kappa shape index (κ2) is 5.37. The Morgan fingerprint density at radius 1 is 1.12 bits per heavy atom. The molecule has 0 aliphatic carbocycles. The summed E-state index contributed by atoms with van der Waals surface area (Å²) in [6, 6.07) is 14.0. The zero-order valence-corrected chi connectivity index (χ0v) is 11.0. The first-order chi connectivity index (χ1) is 8.16. The SMILES string of the molecule is CC(C)SCC(=O)c1ccc2ccccc2c1. The molecule has 2 aromatic carbocycles. The third kappa shape index (κ3) is 3.10. The maximum Gasteiger partial charge on any atom is 0.172 e. The zero-order valence-electron chi connectivity index (χ0n) is 10.1. The normalized spacial score (nSPS) is 11.0. The van der Waals surface area contributed by atoms with Crippen LogP contribution in [0.15, 0.2) is 42.5 Å². The molecule has 2 rings (SSSR count). The molecule has 0 N–H and O–H groups in total. The van der Waals surface area contributed by atoms with Gasteiger partial charge in [-0.15, -0.1) is 0 Å². The molecule has 0 bridgehead atoms. The van der Waals surface area contributed by atoms with Gasteiger partial charge in [0.05, 0.1) is 5.75 Å². The maximum absolute atomic E-state index is 12.0. The van der Waals surface area contributed by atoms with Crippen LogP contribution in [0.2, 0.25) is 0 Å². The lowest BCUT2D eigenvalue weighted by Gasteiger charge is -2.05. The smallest absolute Gasteiger partial charge is 0.172 e. The minimum Gasteiger partial charge on any atom is -0.293 e. The van der Waals surface area contributed by atoms with Crippen molar-refractivity contribution >= 4 is 28.3 Å². The Balaban J connectivity index is 2.21. The van der Waals surface area contributed by atoms with Gasteiger partial charge in [-0.3, -0.25) is 4.79 Å². The van der Waals surface area contributed by atoms with Crippen LogP contribution in [0.25, 0.3) is 10.8 Å². The van der Waals surface area contributed by atoms with E-state index in [-0.39, 0.29) is 5.78 Å². The second-order valence-electron chi connectivity index (χ2n) is 4.34. The summed E-state index contributed by atoms with van der Waals surface area (Å²) in [5.74, 6) is 0.783. The second-order valence-corrected chi connectivity index (χ2v) is 5.91. The number of carbonyl (C=O) groups excluding carboxylic acids is 1. The third-order valence-corrected chi connectivity index (χ3v) is 3.71. The Labute approximate surface area is 106 Å². The molecule has 17 heavy (non-hydrogen) atoms. The van der Waals surface area contributed by atoms with E-state index in [1.165, 1.54) is 5.39 Å². The van der Waals surface area contributed by atoms with Gasteiger partial charge in [0, 0.05) is 5.56 Å². The zero-order chi connectivity index (χ0) is 12.3. The summed E-state index contributed by atoms with van der Waals surface area (Å²) in [6.45, 7) is 4.22. The molecule has 88 valence electrons. The van der Waals surface area contributed by atoms with Gasteiger partial charge in [0.15, 0.2) is 5.78 Å². The Hall–Kier alpha value is -1.28. The molecule has 0 heterocycles. The van der Waals surface area contributed by atoms with E-state index >= 15 is 0 Å². The average Bonchev–Trinajstić information content (AvgIpc) is 2.35. The van der Waals surface area contributed by atoms with Crippen LogP contribution in [0.5, 0.6) is 0 Å². The van der Waals surface area contributed by atoms with Crippen molar-refractivity contribution in [3.8, 4) is 0 Å². The number of carbonyl (C=O) groups is 1. The van der Waals surface area contributed by atoms with E-state index in [2.05, 4.69) is 19.9 Å². The molecular formula is C15H16OS. The molecule has 0 aromatic heterocycles. The number of benzene rings is 2. The van der Waals surface area contributed by atoms with E-state index in [0.717, 1.165) is 10.9 Å². The van der Waals surface area contributed by atoms with Crippen LogP contribution in [0.4, 0.5) is 0 Å². The topological polar surface area (TPSA) is 17.1 Å². The van der Waals surface area contributed by atoms with Crippen LogP contribution < -0.4 is 0 Å². The van der Waals surface area contributed by atoms with Crippen LogP contribution in [0.3, 0.4) is 0 Å². The highest BCUT2D eigenvalue weighted by Gasteiger charge is 2.07. The Bertz CT molecular complexity index is 531. The molecule has 0 fully saturated rings. The summed E-state index contributed by atoms with van der Waals surface area (Å²) in [5.41, 5.74) is 0.817. The number of ketones is 1. The van der Waals surface area contributed by atoms with Crippen molar-refractivity contribution in [2.45, 2.75) is 19.1 Å². The first-order valence-electron chi connectivity index (χ1n) is 5.80. The monoisotopic (exact) mass is 244 g/mol. The standard InChI is InChI=1S/C15H16OS/c1-11(2)17-10-15(16)14-8-7-12-5-3-4-6-13(12)9-14/h3-9,11H,10H2,1-2H3. The van der Waals surface area contributed by atoms with Gasteiger partial charge < -0.3 is 0 Å². The van der Waals surface area contributed by atoms with Crippen molar-refractivity contribution in [2.75, 3.05) is 5.75 Å². The number of Topliss-reactive ketones (excluding diaryl/α,β-unsaturated/α-hetero) is 1. The summed E-state index contributed by atoms with van der Waals surface area (Å²) >= 11 is 1.69. The van der Waals surface area contributed by atoms with Gasteiger partial charge >= 0.3 is 0 Å². The molecule has 2 heteroatoms. The predicted molar refractivity (Wildman–Crippen MR) is 75.9 cm³/mol. The minimum absolute atomic E-state index is 0.217. The van der Waals surface area contributed by atoms with E-state index in [9.17, 15) is 4.79 Å². The Morgan fingerprint density at radius 3 is 2.53 bits per heavy atom. The van der Waals surface area contributed by atoms with Gasteiger partial charge in [0.2, 0.25) is 0 Å². The number of hydrogen-bond acceptors (Lipinski definition) is 2. The van der Waals surface area contributed by atoms with Crippen LogP contribution in [-0.4, -0.2) is 16.8 Å². The predicted octanol–water partition coefficient (Wildman–Crippen LogP) is 4.16. The molecule has 1 nitrogen and oxygen atoms in total. The molecule has 0 aliphatic rings. The van der Waals surface area contributed by atoms with Crippen LogP contribution in [-0.2, 0) is 0 Å². The lowest BCUT2D eigenvalue weighted by molar-refractivity contribution is 0.102. The van der Waals surface area contributed by atoms with Crippen LogP contribution in [0.1, 0.15) is 24.2 Å². The molecule has 0 radical (unpaired) electrons. The Kier molecular flexibility index (Phi) is 3.85.